The number of allylic oxidation sites excluding steroid dienone is 1. The Kier molecular flexibility index (Phi) is 9.73. The Morgan fingerprint density at radius 3 is 2.49 bits per heavy atom. The number of ketones is 2. The first-order valence-corrected chi connectivity index (χ1v) is 14.5. The van der Waals surface area contributed by atoms with Gasteiger partial charge in [-0.1, -0.05) is 73.6 Å². The fraction of sp³-hybridized carbons (Fsp3) is 0.312. The molecular weight excluding hydrogens is 540 g/mol. The third-order valence-corrected chi connectivity index (χ3v) is 7.86. The van der Waals surface area contributed by atoms with E-state index in [4.69, 9.17) is 9.47 Å². The van der Waals surface area contributed by atoms with Crippen LogP contribution in [0.2, 0.25) is 0 Å². The second-order valence-corrected chi connectivity index (χ2v) is 10.6. The first-order valence-electron chi connectivity index (χ1n) is 13.7. The maximum atomic E-state index is 13.6. The van der Waals surface area contributed by atoms with Gasteiger partial charge in [-0.3, -0.25) is 19.3 Å². The Morgan fingerprint density at radius 2 is 1.83 bits per heavy atom. The lowest BCUT2D eigenvalue weighted by atomic mass is 9.95. The highest BCUT2D eigenvalue weighted by Gasteiger charge is 2.45. The Balaban J connectivity index is 1.79. The number of aromatic nitrogens is 1. The molecule has 8 nitrogen and oxygen atoms in total. The molecule has 1 amide bonds. The van der Waals surface area contributed by atoms with Crippen molar-refractivity contribution in [2.24, 2.45) is 0 Å². The van der Waals surface area contributed by atoms with Crippen LogP contribution in [0.1, 0.15) is 72.6 Å². The Bertz CT molecular complexity index is 1490. The number of Topliss-reactive ketones (excluding diaryl/α,β-unsaturated/α-hetero) is 1. The number of rotatable bonds is 13. The maximum absolute atomic E-state index is 13.6. The number of aryl methyl sites for hydroxylation is 1. The van der Waals surface area contributed by atoms with E-state index in [-0.39, 0.29) is 16.5 Å². The van der Waals surface area contributed by atoms with Gasteiger partial charge in [0.05, 0.1) is 35.4 Å². The van der Waals surface area contributed by atoms with Crippen LogP contribution in [0.4, 0.5) is 5.13 Å². The molecular formula is C32H34N2O6S. The minimum atomic E-state index is -1.01. The van der Waals surface area contributed by atoms with Crippen molar-refractivity contribution in [3.05, 3.63) is 87.6 Å². The highest BCUT2D eigenvalue weighted by atomic mass is 32.1. The van der Waals surface area contributed by atoms with Gasteiger partial charge in [0.25, 0.3) is 5.91 Å². The second kappa shape index (κ2) is 13.4. The zero-order valence-electron chi connectivity index (χ0n) is 23.7. The fourth-order valence-electron chi connectivity index (χ4n) is 4.62. The molecule has 2 aromatic carbocycles. The third kappa shape index (κ3) is 6.57. The number of ether oxygens (including phenoxy) is 2. The van der Waals surface area contributed by atoms with Crippen molar-refractivity contribution in [2.75, 3.05) is 18.1 Å². The molecule has 1 atom stereocenters. The summed E-state index contributed by atoms with van der Waals surface area (Å²) in [6.07, 6.45) is 5.99. The smallest absolute Gasteiger partial charge is 0.296 e. The van der Waals surface area contributed by atoms with Gasteiger partial charge in [0.15, 0.2) is 34.0 Å². The Hall–Kier alpha value is -4.24. The third-order valence-electron chi connectivity index (χ3n) is 6.60. The number of carbonyl (C=O) groups excluding carboxylic acids is 3. The van der Waals surface area contributed by atoms with E-state index in [9.17, 15) is 19.5 Å². The highest BCUT2D eigenvalue weighted by molar-refractivity contribution is 7.17. The summed E-state index contributed by atoms with van der Waals surface area (Å²) in [5.74, 6) is -1.12. The first kappa shape index (κ1) is 29.7. The van der Waals surface area contributed by atoms with Gasteiger partial charge >= 0.3 is 0 Å². The van der Waals surface area contributed by atoms with Gasteiger partial charge in [0, 0.05) is 6.92 Å². The van der Waals surface area contributed by atoms with E-state index in [0.29, 0.717) is 40.8 Å². The number of aliphatic hydroxyl groups is 1. The molecule has 0 aliphatic carbocycles. The minimum Gasteiger partial charge on any atom is -0.503 e. The molecule has 1 aliphatic rings. The summed E-state index contributed by atoms with van der Waals surface area (Å²) in [6.45, 7) is 8.00. The number of nitrogens with zero attached hydrogens (tertiary/aromatic N) is 2. The maximum Gasteiger partial charge on any atom is 0.296 e. The number of thiazole rings is 1. The van der Waals surface area contributed by atoms with Gasteiger partial charge in [-0.25, -0.2) is 4.98 Å². The lowest BCUT2D eigenvalue weighted by molar-refractivity contribution is -0.117. The average Bonchev–Trinajstić information content (AvgIpc) is 3.47. The van der Waals surface area contributed by atoms with E-state index in [1.54, 1.807) is 31.2 Å². The zero-order chi connectivity index (χ0) is 29.5. The van der Waals surface area contributed by atoms with Crippen LogP contribution in [-0.4, -0.2) is 40.8 Å². The van der Waals surface area contributed by atoms with Gasteiger partial charge in [-0.2, -0.15) is 0 Å². The summed E-state index contributed by atoms with van der Waals surface area (Å²) in [7, 11) is 0. The molecule has 0 spiro atoms. The number of hydrogen-bond donors (Lipinski definition) is 1. The highest BCUT2D eigenvalue weighted by Crippen LogP contribution is 2.45. The molecule has 9 heteroatoms. The SMILES string of the molecule is CCCCCOc1ccc(C2C(C(=O)/C=C/c3ccccc3)=C(O)C(=O)N2c2nc(C)c(C(C)=O)s2)cc1OCC. The largest absolute Gasteiger partial charge is 0.503 e. The molecule has 1 unspecified atom stereocenters. The van der Waals surface area contributed by atoms with Gasteiger partial charge < -0.3 is 14.6 Å². The van der Waals surface area contributed by atoms with Crippen molar-refractivity contribution in [2.45, 2.75) is 53.0 Å². The number of amides is 1. The number of anilines is 1. The molecule has 0 bridgehead atoms. The number of hydrogen-bond acceptors (Lipinski definition) is 8. The second-order valence-electron chi connectivity index (χ2n) is 9.61. The van der Waals surface area contributed by atoms with Crippen molar-refractivity contribution in [3.63, 3.8) is 0 Å². The Labute approximate surface area is 243 Å². The number of unbranched alkanes of at least 4 members (excludes halogenated alkanes) is 2. The van der Waals surface area contributed by atoms with Gasteiger partial charge in [-0.05, 0) is 49.6 Å². The molecule has 0 fully saturated rings. The van der Waals surface area contributed by atoms with Crippen LogP contribution in [0.5, 0.6) is 11.5 Å². The first-order chi connectivity index (χ1) is 19.8. The monoisotopic (exact) mass is 574 g/mol. The van der Waals surface area contributed by atoms with Crippen LogP contribution in [0, 0.1) is 6.92 Å². The van der Waals surface area contributed by atoms with E-state index in [2.05, 4.69) is 11.9 Å². The van der Waals surface area contributed by atoms with Crippen molar-refractivity contribution in [1.29, 1.82) is 0 Å². The molecule has 41 heavy (non-hydrogen) atoms. The molecule has 4 rings (SSSR count). The van der Waals surface area contributed by atoms with E-state index >= 15 is 0 Å². The molecule has 0 radical (unpaired) electrons. The topological polar surface area (TPSA) is 106 Å². The van der Waals surface area contributed by atoms with Gasteiger partial charge in [0.1, 0.15) is 0 Å². The van der Waals surface area contributed by atoms with Crippen molar-refractivity contribution in [1.82, 2.24) is 4.98 Å². The minimum absolute atomic E-state index is 0.0847. The summed E-state index contributed by atoms with van der Waals surface area (Å²) in [6, 6.07) is 13.5. The van der Waals surface area contributed by atoms with Crippen molar-refractivity contribution < 1.29 is 29.0 Å². The van der Waals surface area contributed by atoms with E-state index < -0.39 is 23.5 Å². The predicted molar refractivity (Wildman–Crippen MR) is 160 cm³/mol. The number of benzene rings is 2. The molecule has 3 aromatic rings. The number of aliphatic hydroxyl groups excluding tert-OH is 1. The van der Waals surface area contributed by atoms with Crippen LogP contribution < -0.4 is 14.4 Å². The zero-order valence-corrected chi connectivity index (χ0v) is 24.5. The van der Waals surface area contributed by atoms with Crippen LogP contribution >= 0.6 is 11.3 Å². The van der Waals surface area contributed by atoms with E-state index in [0.717, 1.165) is 36.2 Å². The molecule has 214 valence electrons. The van der Waals surface area contributed by atoms with Gasteiger partial charge in [0.2, 0.25) is 0 Å². The lowest BCUT2D eigenvalue weighted by Gasteiger charge is -2.25. The summed E-state index contributed by atoms with van der Waals surface area (Å²) < 4.78 is 11.9. The molecule has 1 aliphatic heterocycles. The standard InChI is InChI=1S/C32H34N2O6S/c1-5-7-11-18-40-25-17-15-23(19-26(25)39-6-2)28-27(24(36)16-14-22-12-9-8-10-13-22)29(37)31(38)34(28)32-33-20(3)30(41-32)21(4)35/h8-10,12-17,19,28,37H,5-7,11,18H2,1-4H3/b16-14+. The Morgan fingerprint density at radius 1 is 1.07 bits per heavy atom. The van der Waals surface area contributed by atoms with E-state index in [1.807, 2.05) is 37.3 Å². The lowest BCUT2D eigenvalue weighted by Crippen LogP contribution is -2.31. The average molecular weight is 575 g/mol. The summed E-state index contributed by atoms with van der Waals surface area (Å²) in [5, 5.41) is 11.3. The van der Waals surface area contributed by atoms with Crippen LogP contribution in [0.3, 0.4) is 0 Å². The summed E-state index contributed by atoms with van der Waals surface area (Å²) in [5.41, 5.74) is 1.71. The summed E-state index contributed by atoms with van der Waals surface area (Å²) >= 11 is 1.05. The fourth-order valence-corrected chi connectivity index (χ4v) is 5.61. The molecule has 2 heterocycles. The predicted octanol–water partition coefficient (Wildman–Crippen LogP) is 6.80. The van der Waals surface area contributed by atoms with E-state index in [1.165, 1.54) is 17.9 Å². The van der Waals surface area contributed by atoms with Crippen molar-refractivity contribution in [3.8, 4) is 11.5 Å². The molecule has 1 N–H and O–H groups in total. The number of carbonyl (C=O) groups is 3. The van der Waals surface area contributed by atoms with Crippen LogP contribution in [0.15, 0.2) is 65.9 Å². The van der Waals surface area contributed by atoms with Gasteiger partial charge in [-0.15, -0.1) is 0 Å². The molecule has 0 saturated heterocycles. The normalized spacial score (nSPS) is 15.2. The van der Waals surface area contributed by atoms with Crippen LogP contribution in [0.25, 0.3) is 6.08 Å². The van der Waals surface area contributed by atoms with Crippen LogP contribution in [-0.2, 0) is 9.59 Å². The molecule has 0 saturated carbocycles. The molecule has 1 aromatic heterocycles. The quantitative estimate of drug-likeness (QED) is 0.136. The summed E-state index contributed by atoms with van der Waals surface area (Å²) in [4.78, 5) is 45.4. The van der Waals surface area contributed by atoms with Crippen molar-refractivity contribution >= 4 is 40.0 Å².